The van der Waals surface area contributed by atoms with Gasteiger partial charge in [0, 0.05) is 11.4 Å². The van der Waals surface area contributed by atoms with Crippen molar-refractivity contribution in [3.63, 3.8) is 0 Å². The van der Waals surface area contributed by atoms with Crippen LogP contribution in [0.15, 0.2) is 47.4 Å². The van der Waals surface area contributed by atoms with Gasteiger partial charge in [-0.25, -0.2) is 4.79 Å². The zero-order chi connectivity index (χ0) is 18.2. The molecule has 0 aliphatic heterocycles. The number of methoxy groups -OCH3 is 2. The third-order valence-corrected chi connectivity index (χ3v) is 4.51. The number of rotatable bonds is 7. The molecule has 2 rings (SSSR count). The van der Waals surface area contributed by atoms with Gasteiger partial charge in [-0.2, -0.15) is 0 Å². The number of esters is 1. The predicted molar refractivity (Wildman–Crippen MR) is 98.3 cm³/mol. The fourth-order valence-electron chi connectivity index (χ4n) is 2.35. The van der Waals surface area contributed by atoms with Crippen LogP contribution in [-0.2, 0) is 11.3 Å². The van der Waals surface area contributed by atoms with E-state index in [0.717, 1.165) is 16.2 Å². The van der Waals surface area contributed by atoms with E-state index in [1.54, 1.807) is 36.0 Å². The maximum Gasteiger partial charge on any atom is 0.341 e. The van der Waals surface area contributed by atoms with Crippen molar-refractivity contribution in [1.82, 2.24) is 5.32 Å². The molecule has 0 aliphatic rings. The Kier molecular flexibility index (Phi) is 6.89. The van der Waals surface area contributed by atoms with E-state index in [4.69, 9.17) is 9.47 Å². The molecule has 6 heteroatoms. The molecule has 1 amide bonds. The highest BCUT2D eigenvalue weighted by Gasteiger charge is 2.15. The minimum Gasteiger partial charge on any atom is -0.496 e. The Hall–Kier alpha value is -2.47. The summed E-state index contributed by atoms with van der Waals surface area (Å²) in [6.07, 6.45) is 0. The number of benzene rings is 2. The molecule has 0 fully saturated rings. The van der Waals surface area contributed by atoms with E-state index in [1.165, 1.54) is 14.2 Å². The topological polar surface area (TPSA) is 64.6 Å². The molecule has 25 heavy (non-hydrogen) atoms. The Morgan fingerprint density at radius 3 is 2.52 bits per heavy atom. The fraction of sp³-hybridized carbons (Fsp3) is 0.263. The number of amides is 1. The van der Waals surface area contributed by atoms with Crippen LogP contribution >= 0.6 is 11.8 Å². The highest BCUT2D eigenvalue weighted by molar-refractivity contribution is 7.99. The van der Waals surface area contributed by atoms with E-state index >= 15 is 0 Å². The summed E-state index contributed by atoms with van der Waals surface area (Å²) in [5.41, 5.74) is 1.77. The van der Waals surface area contributed by atoms with Crippen molar-refractivity contribution >= 4 is 23.6 Å². The van der Waals surface area contributed by atoms with Crippen LogP contribution in [0.4, 0.5) is 0 Å². The summed E-state index contributed by atoms with van der Waals surface area (Å²) < 4.78 is 9.93. The van der Waals surface area contributed by atoms with Gasteiger partial charge in [-0.05, 0) is 35.6 Å². The van der Waals surface area contributed by atoms with Gasteiger partial charge in [0.05, 0.1) is 19.8 Å². The smallest absolute Gasteiger partial charge is 0.341 e. The number of thioether (sulfide) groups is 1. The van der Waals surface area contributed by atoms with Crippen molar-refractivity contribution in [3.05, 3.63) is 59.2 Å². The second-order valence-electron chi connectivity index (χ2n) is 5.14. The average Bonchev–Trinajstić information content (AvgIpc) is 2.66. The summed E-state index contributed by atoms with van der Waals surface area (Å²) in [7, 11) is 2.81. The molecule has 0 spiro atoms. The monoisotopic (exact) mass is 359 g/mol. The molecular weight excluding hydrogens is 338 g/mol. The first-order valence-electron chi connectivity index (χ1n) is 7.86. The van der Waals surface area contributed by atoms with Gasteiger partial charge in [-0.15, -0.1) is 11.8 Å². The van der Waals surface area contributed by atoms with E-state index in [2.05, 4.69) is 5.32 Å². The molecule has 5 nitrogen and oxygen atoms in total. The van der Waals surface area contributed by atoms with E-state index in [-0.39, 0.29) is 5.91 Å². The van der Waals surface area contributed by atoms with Gasteiger partial charge in [-0.3, -0.25) is 4.79 Å². The molecule has 2 aromatic rings. The molecule has 132 valence electrons. The number of hydrogen-bond donors (Lipinski definition) is 1. The molecule has 2 aromatic carbocycles. The third kappa shape index (κ3) is 4.76. The van der Waals surface area contributed by atoms with Gasteiger partial charge in [0.15, 0.2) is 0 Å². The third-order valence-electron chi connectivity index (χ3n) is 3.55. The zero-order valence-corrected chi connectivity index (χ0v) is 15.3. The molecule has 0 aromatic heterocycles. The first kappa shape index (κ1) is 18.9. The van der Waals surface area contributed by atoms with Crippen LogP contribution in [0.5, 0.6) is 5.75 Å². The molecule has 0 saturated heterocycles. The lowest BCUT2D eigenvalue weighted by atomic mass is 10.1. The molecule has 0 heterocycles. The summed E-state index contributed by atoms with van der Waals surface area (Å²) in [4.78, 5) is 25.3. The standard InChI is InChI=1S/C19H21NO4S/c1-4-25-17-8-6-5-7-14(17)18(21)20-12-13-9-10-16(23-2)15(11-13)19(22)24-3/h5-11H,4,12H2,1-3H3,(H,20,21). The Balaban J connectivity index is 2.13. The second kappa shape index (κ2) is 9.13. The van der Waals surface area contributed by atoms with Crippen LogP contribution in [-0.4, -0.2) is 31.8 Å². The highest BCUT2D eigenvalue weighted by atomic mass is 32.2. The van der Waals surface area contributed by atoms with Crippen molar-refractivity contribution in [2.45, 2.75) is 18.4 Å². The van der Waals surface area contributed by atoms with E-state index in [1.807, 2.05) is 25.1 Å². The summed E-state index contributed by atoms with van der Waals surface area (Å²) in [6.45, 7) is 2.35. The summed E-state index contributed by atoms with van der Waals surface area (Å²) >= 11 is 1.63. The van der Waals surface area contributed by atoms with Crippen molar-refractivity contribution in [2.24, 2.45) is 0 Å². The molecule has 0 aliphatic carbocycles. The first-order chi connectivity index (χ1) is 12.1. The van der Waals surface area contributed by atoms with Crippen LogP contribution in [0.2, 0.25) is 0 Å². The van der Waals surface area contributed by atoms with Gasteiger partial charge < -0.3 is 14.8 Å². The van der Waals surface area contributed by atoms with E-state index in [0.29, 0.717) is 23.4 Å². The average molecular weight is 359 g/mol. The number of hydrogen-bond acceptors (Lipinski definition) is 5. The molecule has 0 unspecified atom stereocenters. The van der Waals surface area contributed by atoms with E-state index < -0.39 is 5.97 Å². The van der Waals surface area contributed by atoms with Crippen molar-refractivity contribution in [1.29, 1.82) is 0 Å². The van der Waals surface area contributed by atoms with Gasteiger partial charge >= 0.3 is 5.97 Å². The minimum atomic E-state index is -0.477. The highest BCUT2D eigenvalue weighted by Crippen LogP contribution is 2.23. The van der Waals surface area contributed by atoms with Crippen LogP contribution in [0.3, 0.4) is 0 Å². The van der Waals surface area contributed by atoms with Gasteiger partial charge in [0.25, 0.3) is 5.91 Å². The molecule has 0 radical (unpaired) electrons. The number of carbonyl (C=O) groups is 2. The number of carbonyl (C=O) groups excluding carboxylic acids is 2. The van der Waals surface area contributed by atoms with Crippen LogP contribution in [0.25, 0.3) is 0 Å². The quantitative estimate of drug-likeness (QED) is 0.605. The summed E-state index contributed by atoms with van der Waals surface area (Å²) in [6, 6.07) is 12.7. The largest absolute Gasteiger partial charge is 0.496 e. The van der Waals surface area contributed by atoms with E-state index in [9.17, 15) is 9.59 Å². The van der Waals surface area contributed by atoms with Crippen molar-refractivity contribution < 1.29 is 19.1 Å². The van der Waals surface area contributed by atoms with Crippen molar-refractivity contribution in [2.75, 3.05) is 20.0 Å². The zero-order valence-electron chi connectivity index (χ0n) is 14.5. The maximum absolute atomic E-state index is 12.5. The lowest BCUT2D eigenvalue weighted by Crippen LogP contribution is -2.23. The van der Waals surface area contributed by atoms with Gasteiger partial charge in [-0.1, -0.05) is 25.1 Å². The maximum atomic E-state index is 12.5. The molecular formula is C19H21NO4S. The second-order valence-corrected chi connectivity index (χ2v) is 6.44. The predicted octanol–water partition coefficient (Wildman–Crippen LogP) is 3.52. The molecule has 0 atom stereocenters. The number of nitrogens with one attached hydrogen (secondary N) is 1. The fourth-order valence-corrected chi connectivity index (χ4v) is 3.15. The Morgan fingerprint density at radius 1 is 1.08 bits per heavy atom. The number of ether oxygens (including phenoxy) is 2. The Morgan fingerprint density at radius 2 is 1.84 bits per heavy atom. The minimum absolute atomic E-state index is 0.146. The normalized spacial score (nSPS) is 10.2. The lowest BCUT2D eigenvalue weighted by Gasteiger charge is -2.11. The summed E-state index contributed by atoms with van der Waals surface area (Å²) in [5, 5.41) is 2.89. The summed E-state index contributed by atoms with van der Waals surface area (Å²) in [5.74, 6) is 0.707. The SMILES string of the molecule is CCSc1ccccc1C(=O)NCc1ccc(OC)c(C(=O)OC)c1. The Labute approximate surface area is 151 Å². The lowest BCUT2D eigenvalue weighted by molar-refractivity contribution is 0.0597. The molecule has 0 bridgehead atoms. The Bertz CT molecular complexity index is 761. The van der Waals surface area contributed by atoms with Crippen LogP contribution < -0.4 is 10.1 Å². The van der Waals surface area contributed by atoms with Crippen LogP contribution in [0.1, 0.15) is 33.2 Å². The van der Waals surface area contributed by atoms with Gasteiger partial charge in [0.2, 0.25) is 0 Å². The molecule has 1 N–H and O–H groups in total. The van der Waals surface area contributed by atoms with Gasteiger partial charge in [0.1, 0.15) is 11.3 Å². The molecule has 0 saturated carbocycles. The van der Waals surface area contributed by atoms with Crippen molar-refractivity contribution in [3.8, 4) is 5.75 Å². The first-order valence-corrected chi connectivity index (χ1v) is 8.84. The van der Waals surface area contributed by atoms with Crippen LogP contribution in [0, 0.1) is 0 Å².